The van der Waals surface area contributed by atoms with Crippen LogP contribution in [-0.4, -0.2) is 15.1 Å². The molecular weight excluding hydrogens is 209 g/mol. The molecule has 0 fully saturated rings. The molecule has 0 rings (SSSR count). The van der Waals surface area contributed by atoms with E-state index in [0.717, 1.165) is 0 Å². The van der Waals surface area contributed by atoms with Gasteiger partial charge in [-0.25, -0.2) is 0 Å². The molecule has 0 amide bonds. The van der Waals surface area contributed by atoms with E-state index < -0.39 is 5.97 Å². The summed E-state index contributed by atoms with van der Waals surface area (Å²) in [5.74, 6) is -0.845. The van der Waals surface area contributed by atoms with Crippen LogP contribution in [0.5, 0.6) is 0 Å². The average Bonchev–Trinajstić information content (AvgIpc) is 1.27. The van der Waals surface area contributed by atoms with Crippen molar-refractivity contribution in [1.29, 1.82) is 0 Å². The number of nitrogens with two attached hydrogens (primary N) is 1. The summed E-state index contributed by atoms with van der Waals surface area (Å²) in [6.07, 6.45) is 0.0422. The largest absolute Gasteiger partial charge is 0.481 e. The zero-order valence-electron chi connectivity index (χ0n) is 3.60. The normalized spacial score (nSPS) is 13.4. The molecule has 0 bridgehead atoms. The molecule has 0 aromatic carbocycles. The van der Waals surface area contributed by atoms with Gasteiger partial charge in [0, 0.05) is 0 Å². The van der Waals surface area contributed by atoms with Crippen molar-refractivity contribution < 1.29 is 9.90 Å². The van der Waals surface area contributed by atoms with Crippen LogP contribution in [0.15, 0.2) is 0 Å². The van der Waals surface area contributed by atoms with Gasteiger partial charge in [0.15, 0.2) is 0 Å². The van der Waals surface area contributed by atoms with Crippen molar-refractivity contribution in [3.8, 4) is 0 Å². The van der Waals surface area contributed by atoms with E-state index in [9.17, 15) is 4.79 Å². The summed E-state index contributed by atoms with van der Waals surface area (Å²) in [6, 6.07) is 0. The van der Waals surface area contributed by atoms with Gasteiger partial charge in [-0.05, 0) is 0 Å². The van der Waals surface area contributed by atoms with Gasteiger partial charge in [-0.3, -0.25) is 4.79 Å². The number of hydrogen-bond donors (Lipinski definition) is 2. The lowest BCUT2D eigenvalue weighted by molar-refractivity contribution is -0.136. The Morgan fingerprint density at radius 3 is 2.43 bits per heavy atom. The molecule has 1 atom stereocenters. The SMILES string of the molecule is N[C@H](I)CC(=O)O. The van der Waals surface area contributed by atoms with Crippen molar-refractivity contribution in [3.05, 3.63) is 0 Å². The van der Waals surface area contributed by atoms with Crippen LogP contribution in [0.3, 0.4) is 0 Å². The molecule has 7 heavy (non-hydrogen) atoms. The lowest BCUT2D eigenvalue weighted by Crippen LogP contribution is -2.15. The van der Waals surface area contributed by atoms with Crippen molar-refractivity contribution >= 4 is 28.6 Å². The predicted octanol–water partition coefficient (Wildman–Crippen LogP) is 0.181. The Hall–Kier alpha value is 0.160. The maximum atomic E-state index is 9.72. The van der Waals surface area contributed by atoms with E-state index in [1.54, 1.807) is 0 Å². The van der Waals surface area contributed by atoms with E-state index in [4.69, 9.17) is 10.8 Å². The highest BCUT2D eigenvalue weighted by molar-refractivity contribution is 14.1. The van der Waals surface area contributed by atoms with E-state index in [2.05, 4.69) is 0 Å². The van der Waals surface area contributed by atoms with Gasteiger partial charge < -0.3 is 10.8 Å². The molecule has 0 saturated heterocycles. The minimum atomic E-state index is -0.845. The molecule has 3 N–H and O–H groups in total. The number of carboxylic acid groups (broad SMARTS) is 1. The van der Waals surface area contributed by atoms with E-state index in [1.807, 2.05) is 22.6 Å². The first-order valence-electron chi connectivity index (χ1n) is 1.74. The second-order valence-electron chi connectivity index (χ2n) is 1.11. The fourth-order valence-electron chi connectivity index (χ4n) is 0.167. The van der Waals surface area contributed by atoms with Gasteiger partial charge in [0.25, 0.3) is 0 Å². The van der Waals surface area contributed by atoms with Crippen LogP contribution >= 0.6 is 22.6 Å². The third-order valence-corrected chi connectivity index (χ3v) is 0.810. The van der Waals surface area contributed by atoms with Crippen LogP contribution in [-0.2, 0) is 4.79 Å². The third-order valence-electron chi connectivity index (χ3n) is 0.370. The van der Waals surface area contributed by atoms with Crippen molar-refractivity contribution in [2.45, 2.75) is 10.5 Å². The molecule has 0 unspecified atom stereocenters. The van der Waals surface area contributed by atoms with Crippen molar-refractivity contribution in [2.75, 3.05) is 0 Å². The van der Waals surface area contributed by atoms with Crippen LogP contribution in [0.1, 0.15) is 6.42 Å². The summed E-state index contributed by atoms with van der Waals surface area (Å²) in [6.45, 7) is 0. The molecule has 4 heteroatoms. The maximum absolute atomic E-state index is 9.72. The van der Waals surface area contributed by atoms with Crippen LogP contribution in [0.4, 0.5) is 0 Å². The van der Waals surface area contributed by atoms with Crippen LogP contribution in [0, 0.1) is 0 Å². The standard InChI is InChI=1S/C3H6INO2/c4-2(5)1-3(6)7/h2H,1,5H2,(H,6,7)/t2-/m0/s1. The lowest BCUT2D eigenvalue weighted by Gasteiger charge is -1.93. The molecule has 0 radical (unpaired) electrons. The smallest absolute Gasteiger partial charge is 0.305 e. The molecular formula is C3H6INO2. The third kappa shape index (κ3) is 6.16. The average molecular weight is 215 g/mol. The molecule has 42 valence electrons. The highest BCUT2D eigenvalue weighted by Crippen LogP contribution is 1.95. The van der Waals surface area contributed by atoms with Gasteiger partial charge >= 0.3 is 5.97 Å². The van der Waals surface area contributed by atoms with Crippen LogP contribution in [0.25, 0.3) is 0 Å². The van der Waals surface area contributed by atoms with Crippen LogP contribution in [0.2, 0.25) is 0 Å². The van der Waals surface area contributed by atoms with Crippen molar-refractivity contribution in [3.63, 3.8) is 0 Å². The van der Waals surface area contributed by atoms with E-state index in [0.29, 0.717) is 0 Å². The summed E-state index contributed by atoms with van der Waals surface area (Å²) in [4.78, 5) is 9.72. The molecule has 0 aliphatic carbocycles. The Morgan fingerprint density at radius 1 is 2.00 bits per heavy atom. The summed E-state index contributed by atoms with van der Waals surface area (Å²) in [5.41, 5.74) is 5.10. The number of halogens is 1. The van der Waals surface area contributed by atoms with Gasteiger partial charge in [-0.2, -0.15) is 0 Å². The Kier molecular flexibility index (Phi) is 3.27. The number of carbonyl (C=O) groups is 1. The van der Waals surface area contributed by atoms with Gasteiger partial charge in [0.1, 0.15) is 0 Å². The lowest BCUT2D eigenvalue weighted by atomic mass is 10.5. The second-order valence-corrected chi connectivity index (χ2v) is 2.71. The van der Waals surface area contributed by atoms with Gasteiger partial charge in [-0.1, -0.05) is 22.6 Å². The molecule has 3 nitrogen and oxygen atoms in total. The summed E-state index contributed by atoms with van der Waals surface area (Å²) < 4.78 is -0.255. The number of aliphatic carboxylic acids is 1. The molecule has 0 aliphatic heterocycles. The minimum Gasteiger partial charge on any atom is -0.481 e. The Labute approximate surface area is 55.0 Å². The number of carboxylic acids is 1. The Balaban J connectivity index is 3.13. The predicted molar refractivity (Wildman–Crippen MR) is 34.2 cm³/mol. The van der Waals surface area contributed by atoms with Gasteiger partial charge in [0.05, 0.1) is 10.5 Å². The highest BCUT2D eigenvalue weighted by Gasteiger charge is 2.00. The Bertz CT molecular complexity index is 73.3. The van der Waals surface area contributed by atoms with E-state index >= 15 is 0 Å². The van der Waals surface area contributed by atoms with E-state index in [-0.39, 0.29) is 10.5 Å². The molecule has 0 aromatic rings. The molecule has 0 aliphatic rings. The fraction of sp³-hybridized carbons (Fsp3) is 0.667. The molecule has 0 saturated carbocycles. The first-order chi connectivity index (χ1) is 3.13. The second kappa shape index (κ2) is 3.20. The maximum Gasteiger partial charge on any atom is 0.305 e. The zero-order valence-corrected chi connectivity index (χ0v) is 5.75. The van der Waals surface area contributed by atoms with E-state index in [1.165, 1.54) is 0 Å². The van der Waals surface area contributed by atoms with Gasteiger partial charge in [-0.15, -0.1) is 0 Å². The number of rotatable bonds is 2. The quantitative estimate of drug-likeness (QED) is 0.392. The number of alkyl halides is 1. The fourth-order valence-corrected chi connectivity index (χ4v) is 0.544. The van der Waals surface area contributed by atoms with Crippen molar-refractivity contribution in [1.82, 2.24) is 0 Å². The summed E-state index contributed by atoms with van der Waals surface area (Å²) in [7, 11) is 0. The van der Waals surface area contributed by atoms with Gasteiger partial charge in [0.2, 0.25) is 0 Å². The van der Waals surface area contributed by atoms with Crippen LogP contribution < -0.4 is 5.73 Å². The molecule has 0 aromatic heterocycles. The van der Waals surface area contributed by atoms with Crippen molar-refractivity contribution in [2.24, 2.45) is 5.73 Å². The monoisotopic (exact) mass is 215 g/mol. The topological polar surface area (TPSA) is 63.3 Å². The number of hydrogen-bond acceptors (Lipinski definition) is 2. The first-order valence-corrected chi connectivity index (χ1v) is 2.99. The highest BCUT2D eigenvalue weighted by atomic mass is 127. The first kappa shape index (κ1) is 7.16. The molecule has 0 heterocycles. The summed E-state index contributed by atoms with van der Waals surface area (Å²) >= 11 is 1.85. The molecule has 0 spiro atoms. The summed E-state index contributed by atoms with van der Waals surface area (Å²) in [5, 5.41) is 8.00. The minimum absolute atomic E-state index is 0.0422. The Morgan fingerprint density at radius 2 is 2.43 bits per heavy atom. The zero-order chi connectivity index (χ0) is 5.86.